The second-order valence-corrected chi connectivity index (χ2v) is 8.19. The Morgan fingerprint density at radius 3 is 2.73 bits per heavy atom. The summed E-state index contributed by atoms with van der Waals surface area (Å²) in [4.78, 5) is 33.6. The molecular formula is C24H19N7O2. The van der Waals surface area contributed by atoms with Crippen molar-refractivity contribution in [2.75, 3.05) is 11.9 Å². The maximum Gasteiger partial charge on any atom is 0.255 e. The number of benzene rings is 2. The number of aromatic amines is 1. The van der Waals surface area contributed by atoms with Gasteiger partial charge in [0.2, 0.25) is 11.7 Å². The molecule has 1 saturated heterocycles. The number of fused-ring (bicyclic) bond motifs is 2. The number of hydrogen-bond acceptors (Lipinski definition) is 6. The molecule has 0 bridgehead atoms. The standard InChI is InChI=1S/C24H19N7O2/c32-22(17-8-2-1-7-16(17)21-27-29-30-28-21)31-13-11-24(20(31)15-6-5-12-25-14-15)18-9-3-4-10-19(18)26-23(24)33/h1-10,12,14,20H,11,13H2,(H,26,33)(H,27,28,29,30). The highest BCUT2D eigenvalue weighted by Gasteiger charge is 2.59. The molecule has 2 unspecified atom stereocenters. The van der Waals surface area contributed by atoms with Crippen molar-refractivity contribution in [1.29, 1.82) is 0 Å². The van der Waals surface area contributed by atoms with Gasteiger partial charge in [0.15, 0.2) is 0 Å². The zero-order chi connectivity index (χ0) is 22.4. The first-order valence-corrected chi connectivity index (χ1v) is 10.6. The Labute approximate surface area is 188 Å². The third-order valence-corrected chi connectivity index (χ3v) is 6.59. The number of carbonyl (C=O) groups excluding carboxylic acids is 2. The lowest BCUT2D eigenvalue weighted by Gasteiger charge is -2.34. The van der Waals surface area contributed by atoms with E-state index in [1.165, 1.54) is 0 Å². The Balaban J connectivity index is 1.50. The van der Waals surface area contributed by atoms with Crippen molar-refractivity contribution in [3.05, 3.63) is 89.7 Å². The number of hydrogen-bond donors (Lipinski definition) is 2. The van der Waals surface area contributed by atoms with Crippen LogP contribution in [0.5, 0.6) is 0 Å². The fourth-order valence-corrected chi connectivity index (χ4v) is 5.20. The summed E-state index contributed by atoms with van der Waals surface area (Å²) < 4.78 is 0. The summed E-state index contributed by atoms with van der Waals surface area (Å²) in [6, 6.07) is 18.1. The summed E-state index contributed by atoms with van der Waals surface area (Å²) in [5, 5.41) is 17.2. The molecule has 2 aliphatic heterocycles. The van der Waals surface area contributed by atoms with Crippen molar-refractivity contribution in [2.45, 2.75) is 17.9 Å². The van der Waals surface area contributed by atoms with Gasteiger partial charge in [-0.05, 0) is 41.0 Å². The molecule has 2 aromatic heterocycles. The normalized spacial score (nSPS) is 21.3. The molecule has 6 rings (SSSR count). The van der Waals surface area contributed by atoms with E-state index in [0.717, 1.165) is 16.8 Å². The quantitative estimate of drug-likeness (QED) is 0.509. The van der Waals surface area contributed by atoms with Crippen molar-refractivity contribution in [3.63, 3.8) is 0 Å². The zero-order valence-corrected chi connectivity index (χ0v) is 17.5. The molecule has 1 spiro atoms. The summed E-state index contributed by atoms with van der Waals surface area (Å²) in [7, 11) is 0. The topological polar surface area (TPSA) is 117 Å². The number of rotatable bonds is 3. The summed E-state index contributed by atoms with van der Waals surface area (Å²) >= 11 is 0. The zero-order valence-electron chi connectivity index (χ0n) is 17.5. The van der Waals surface area contributed by atoms with Crippen LogP contribution < -0.4 is 5.32 Å². The molecular weight excluding hydrogens is 418 g/mol. The minimum atomic E-state index is -0.892. The van der Waals surface area contributed by atoms with Crippen LogP contribution in [0.25, 0.3) is 11.4 Å². The molecule has 9 nitrogen and oxygen atoms in total. The molecule has 2 atom stereocenters. The van der Waals surface area contributed by atoms with E-state index in [-0.39, 0.29) is 11.8 Å². The predicted octanol–water partition coefficient (Wildman–Crippen LogP) is 2.74. The van der Waals surface area contributed by atoms with Gasteiger partial charge in [-0.1, -0.05) is 42.5 Å². The minimum Gasteiger partial charge on any atom is -0.330 e. The number of anilines is 1. The largest absolute Gasteiger partial charge is 0.330 e. The van der Waals surface area contributed by atoms with Gasteiger partial charge >= 0.3 is 0 Å². The molecule has 0 aliphatic carbocycles. The van der Waals surface area contributed by atoms with Gasteiger partial charge in [0.25, 0.3) is 5.91 Å². The number of amides is 2. The number of nitrogens with one attached hydrogen (secondary N) is 2. The summed E-state index contributed by atoms with van der Waals surface area (Å²) in [5.74, 6) is 0.0485. The van der Waals surface area contributed by atoms with E-state index < -0.39 is 11.5 Å². The molecule has 162 valence electrons. The third kappa shape index (κ3) is 2.78. The monoisotopic (exact) mass is 437 g/mol. The number of pyridine rings is 1. The Hall–Kier alpha value is -4.40. The van der Waals surface area contributed by atoms with Gasteiger partial charge in [0, 0.05) is 30.2 Å². The van der Waals surface area contributed by atoms with Crippen LogP contribution >= 0.6 is 0 Å². The van der Waals surface area contributed by atoms with Crippen LogP contribution in [0.1, 0.15) is 33.9 Å². The van der Waals surface area contributed by atoms with Crippen LogP contribution in [0.2, 0.25) is 0 Å². The number of carbonyl (C=O) groups is 2. The van der Waals surface area contributed by atoms with Crippen molar-refractivity contribution in [2.24, 2.45) is 0 Å². The summed E-state index contributed by atoms with van der Waals surface area (Å²) in [6.45, 7) is 0.417. The van der Waals surface area contributed by atoms with E-state index in [0.29, 0.717) is 29.9 Å². The van der Waals surface area contributed by atoms with Crippen molar-refractivity contribution in [1.82, 2.24) is 30.5 Å². The molecule has 2 amide bonds. The number of nitrogens with zero attached hydrogens (tertiary/aromatic N) is 5. The van der Waals surface area contributed by atoms with E-state index in [2.05, 4.69) is 30.9 Å². The lowest BCUT2D eigenvalue weighted by atomic mass is 9.73. The minimum absolute atomic E-state index is 0.0979. The highest BCUT2D eigenvalue weighted by Crippen LogP contribution is 2.55. The summed E-state index contributed by atoms with van der Waals surface area (Å²) in [5.41, 5.74) is 2.65. The Morgan fingerprint density at radius 1 is 1.06 bits per heavy atom. The van der Waals surface area contributed by atoms with Gasteiger partial charge in [-0.3, -0.25) is 14.6 Å². The number of tetrazole rings is 1. The average Bonchev–Trinajstić information content (AvgIpc) is 3.59. The molecule has 33 heavy (non-hydrogen) atoms. The van der Waals surface area contributed by atoms with Crippen molar-refractivity contribution < 1.29 is 9.59 Å². The fraction of sp³-hybridized carbons (Fsp3) is 0.167. The molecule has 4 heterocycles. The van der Waals surface area contributed by atoms with Crippen LogP contribution in [0.4, 0.5) is 5.69 Å². The van der Waals surface area contributed by atoms with E-state index >= 15 is 0 Å². The van der Waals surface area contributed by atoms with Gasteiger partial charge in [0.05, 0.1) is 11.6 Å². The Bertz CT molecular complexity index is 1360. The second-order valence-electron chi connectivity index (χ2n) is 8.19. The molecule has 4 aromatic rings. The van der Waals surface area contributed by atoms with Gasteiger partial charge in [-0.15, -0.1) is 10.2 Å². The summed E-state index contributed by atoms with van der Waals surface area (Å²) in [6.07, 6.45) is 3.92. The molecule has 0 radical (unpaired) electrons. The first-order valence-electron chi connectivity index (χ1n) is 10.6. The van der Waals surface area contributed by atoms with E-state index in [1.54, 1.807) is 35.5 Å². The maximum absolute atomic E-state index is 14.0. The number of para-hydroxylation sites is 1. The number of likely N-dealkylation sites (tertiary alicyclic amines) is 1. The van der Waals surface area contributed by atoms with Crippen LogP contribution in [0, 0.1) is 0 Å². The van der Waals surface area contributed by atoms with Crippen LogP contribution in [0.3, 0.4) is 0 Å². The first-order chi connectivity index (χ1) is 16.2. The van der Waals surface area contributed by atoms with Gasteiger partial charge < -0.3 is 10.2 Å². The molecule has 2 aromatic carbocycles. The van der Waals surface area contributed by atoms with Gasteiger partial charge in [-0.2, -0.15) is 5.21 Å². The molecule has 2 aliphatic rings. The SMILES string of the molecule is O=C(c1ccccc1-c1nn[nH]n1)N1CCC2(C(=O)Nc3ccccc32)C1c1cccnc1. The first kappa shape index (κ1) is 19.3. The maximum atomic E-state index is 14.0. The molecule has 0 saturated carbocycles. The van der Waals surface area contributed by atoms with Crippen molar-refractivity contribution in [3.8, 4) is 11.4 Å². The lowest BCUT2D eigenvalue weighted by Crippen LogP contribution is -2.42. The van der Waals surface area contributed by atoms with E-state index in [1.807, 2.05) is 42.5 Å². The lowest BCUT2D eigenvalue weighted by molar-refractivity contribution is -0.121. The van der Waals surface area contributed by atoms with Gasteiger partial charge in [-0.25, -0.2) is 0 Å². The predicted molar refractivity (Wildman–Crippen MR) is 119 cm³/mol. The Morgan fingerprint density at radius 2 is 1.91 bits per heavy atom. The van der Waals surface area contributed by atoms with Gasteiger partial charge in [0.1, 0.15) is 5.41 Å². The molecule has 2 N–H and O–H groups in total. The number of aromatic nitrogens is 5. The van der Waals surface area contributed by atoms with E-state index in [4.69, 9.17) is 0 Å². The smallest absolute Gasteiger partial charge is 0.255 e. The second kappa shape index (κ2) is 7.33. The fourth-order valence-electron chi connectivity index (χ4n) is 5.20. The highest BCUT2D eigenvalue weighted by molar-refractivity contribution is 6.09. The van der Waals surface area contributed by atoms with Crippen LogP contribution in [0.15, 0.2) is 73.1 Å². The van der Waals surface area contributed by atoms with Crippen molar-refractivity contribution >= 4 is 17.5 Å². The Kier molecular flexibility index (Phi) is 4.29. The number of H-pyrrole nitrogens is 1. The average molecular weight is 437 g/mol. The highest BCUT2D eigenvalue weighted by atomic mass is 16.2. The molecule has 1 fully saturated rings. The molecule has 9 heteroatoms. The van der Waals surface area contributed by atoms with Crippen LogP contribution in [-0.4, -0.2) is 48.9 Å². The van der Waals surface area contributed by atoms with Crippen LogP contribution in [-0.2, 0) is 10.2 Å². The van der Waals surface area contributed by atoms with E-state index in [9.17, 15) is 9.59 Å². The third-order valence-electron chi connectivity index (χ3n) is 6.59.